The van der Waals surface area contributed by atoms with E-state index in [9.17, 15) is 5.11 Å². The number of ether oxygens (including phenoxy) is 3. The van der Waals surface area contributed by atoms with Crippen LogP contribution in [0, 0.1) is 0 Å². The van der Waals surface area contributed by atoms with Crippen LogP contribution >= 0.6 is 0 Å². The van der Waals surface area contributed by atoms with Crippen LogP contribution in [0.1, 0.15) is 25.3 Å². The molecule has 1 aromatic rings. The summed E-state index contributed by atoms with van der Waals surface area (Å²) < 4.78 is 16.0. The van der Waals surface area contributed by atoms with E-state index in [1.54, 1.807) is 28.3 Å². The molecule has 2 N–H and O–H groups in total. The summed E-state index contributed by atoms with van der Waals surface area (Å²) >= 11 is 0. The zero-order chi connectivity index (χ0) is 15.0. The van der Waals surface area contributed by atoms with E-state index >= 15 is 0 Å². The number of hydrogen-bond acceptors (Lipinski definition) is 5. The largest absolute Gasteiger partial charge is 0.493 e. The maximum Gasteiger partial charge on any atom is 0.203 e. The van der Waals surface area contributed by atoms with Crippen molar-refractivity contribution in [3.05, 3.63) is 17.7 Å². The molecule has 1 rings (SSSR count). The molecule has 0 amide bonds. The Hall–Kier alpha value is -1.46. The Labute approximate surface area is 120 Å². The molecule has 1 atom stereocenters. The molecule has 5 nitrogen and oxygen atoms in total. The van der Waals surface area contributed by atoms with Crippen molar-refractivity contribution in [1.82, 2.24) is 5.32 Å². The second kappa shape index (κ2) is 8.66. The fourth-order valence-electron chi connectivity index (χ4n) is 2.05. The van der Waals surface area contributed by atoms with Gasteiger partial charge in [0.25, 0.3) is 0 Å². The number of benzene rings is 1. The lowest BCUT2D eigenvalue weighted by Gasteiger charge is -2.16. The Morgan fingerprint density at radius 2 is 1.80 bits per heavy atom. The highest BCUT2D eigenvalue weighted by Gasteiger charge is 2.15. The second-order valence-electron chi connectivity index (χ2n) is 4.66. The third-order valence-electron chi connectivity index (χ3n) is 3.08. The Bertz CT molecular complexity index is 407. The fourth-order valence-corrected chi connectivity index (χ4v) is 2.05. The molecule has 0 aliphatic carbocycles. The summed E-state index contributed by atoms with van der Waals surface area (Å²) in [6.45, 7) is 3.34. The molecule has 0 aromatic heterocycles. The first-order chi connectivity index (χ1) is 9.63. The molecule has 1 aromatic carbocycles. The molecule has 0 saturated carbocycles. The molecule has 0 radical (unpaired) electrons. The van der Waals surface area contributed by atoms with Gasteiger partial charge in [0.1, 0.15) is 0 Å². The monoisotopic (exact) mass is 283 g/mol. The first kappa shape index (κ1) is 16.6. The maximum absolute atomic E-state index is 9.20. The number of rotatable bonds is 9. The highest BCUT2D eigenvalue weighted by molar-refractivity contribution is 5.55. The molecule has 0 saturated heterocycles. The van der Waals surface area contributed by atoms with Crippen molar-refractivity contribution in [2.24, 2.45) is 0 Å². The van der Waals surface area contributed by atoms with Gasteiger partial charge in [-0.2, -0.15) is 0 Å². The number of hydrogen-bond donors (Lipinski definition) is 2. The summed E-state index contributed by atoms with van der Waals surface area (Å²) in [7, 11) is 4.82. The molecule has 0 aliphatic rings. The van der Waals surface area contributed by atoms with Crippen LogP contribution in [0.25, 0.3) is 0 Å². The smallest absolute Gasteiger partial charge is 0.203 e. The van der Waals surface area contributed by atoms with Crippen LogP contribution in [0.15, 0.2) is 12.1 Å². The first-order valence-electron chi connectivity index (χ1n) is 6.80. The average molecular weight is 283 g/mol. The molecule has 0 bridgehead atoms. The SMILES string of the molecule is COc1ccc(CNCCCC(C)O)c(OC)c1OC. The van der Waals surface area contributed by atoms with E-state index in [2.05, 4.69) is 5.32 Å². The topological polar surface area (TPSA) is 60.0 Å². The Balaban J connectivity index is 2.65. The Morgan fingerprint density at radius 1 is 1.10 bits per heavy atom. The fraction of sp³-hybridized carbons (Fsp3) is 0.600. The third-order valence-corrected chi connectivity index (χ3v) is 3.08. The van der Waals surface area contributed by atoms with Gasteiger partial charge in [-0.05, 0) is 32.4 Å². The first-order valence-corrected chi connectivity index (χ1v) is 6.80. The summed E-state index contributed by atoms with van der Waals surface area (Å²) in [5.74, 6) is 1.95. The van der Waals surface area contributed by atoms with Gasteiger partial charge in [-0.3, -0.25) is 0 Å². The van der Waals surface area contributed by atoms with Crippen molar-refractivity contribution in [2.45, 2.75) is 32.4 Å². The van der Waals surface area contributed by atoms with Gasteiger partial charge in [0.2, 0.25) is 5.75 Å². The molecule has 5 heteroatoms. The summed E-state index contributed by atoms with van der Waals surface area (Å²) in [6.07, 6.45) is 1.50. The highest BCUT2D eigenvalue weighted by atomic mass is 16.5. The van der Waals surface area contributed by atoms with E-state index < -0.39 is 0 Å². The maximum atomic E-state index is 9.20. The number of nitrogens with one attached hydrogen (secondary N) is 1. The molecule has 0 aliphatic heterocycles. The van der Waals surface area contributed by atoms with Gasteiger partial charge in [0.05, 0.1) is 27.4 Å². The highest BCUT2D eigenvalue weighted by Crippen LogP contribution is 2.39. The zero-order valence-corrected chi connectivity index (χ0v) is 12.7. The molecule has 0 fully saturated rings. The molecule has 20 heavy (non-hydrogen) atoms. The van der Waals surface area contributed by atoms with Crippen LogP contribution in [0.3, 0.4) is 0 Å². The minimum absolute atomic E-state index is 0.243. The Morgan fingerprint density at radius 3 is 2.35 bits per heavy atom. The molecule has 1 unspecified atom stereocenters. The minimum Gasteiger partial charge on any atom is -0.493 e. The van der Waals surface area contributed by atoms with Crippen LogP contribution in [-0.4, -0.2) is 39.1 Å². The van der Waals surface area contributed by atoms with Gasteiger partial charge in [-0.1, -0.05) is 6.07 Å². The second-order valence-corrected chi connectivity index (χ2v) is 4.66. The van der Waals surface area contributed by atoms with E-state index in [-0.39, 0.29) is 6.10 Å². The van der Waals surface area contributed by atoms with Crippen LogP contribution in [-0.2, 0) is 6.54 Å². The summed E-state index contributed by atoms with van der Waals surface area (Å²) in [4.78, 5) is 0. The predicted octanol–water partition coefficient (Wildman–Crippen LogP) is 1.96. The van der Waals surface area contributed by atoms with Gasteiger partial charge in [-0.15, -0.1) is 0 Å². The van der Waals surface area contributed by atoms with Crippen molar-refractivity contribution in [3.63, 3.8) is 0 Å². The van der Waals surface area contributed by atoms with Crippen LogP contribution in [0.4, 0.5) is 0 Å². The van der Waals surface area contributed by atoms with Crippen molar-refractivity contribution < 1.29 is 19.3 Å². The van der Waals surface area contributed by atoms with E-state index in [0.29, 0.717) is 23.8 Å². The number of methoxy groups -OCH3 is 3. The average Bonchev–Trinajstić information content (AvgIpc) is 2.45. The van der Waals surface area contributed by atoms with Crippen molar-refractivity contribution in [3.8, 4) is 17.2 Å². The van der Waals surface area contributed by atoms with Gasteiger partial charge in [0, 0.05) is 12.1 Å². The van der Waals surface area contributed by atoms with Crippen LogP contribution < -0.4 is 19.5 Å². The lowest BCUT2D eigenvalue weighted by molar-refractivity contribution is 0.181. The minimum atomic E-state index is -0.243. The van der Waals surface area contributed by atoms with E-state index in [1.165, 1.54) is 0 Å². The van der Waals surface area contributed by atoms with E-state index in [1.807, 2.05) is 12.1 Å². The summed E-state index contributed by atoms with van der Waals surface area (Å²) in [6, 6.07) is 3.83. The summed E-state index contributed by atoms with van der Waals surface area (Å²) in [5, 5.41) is 12.5. The van der Waals surface area contributed by atoms with Crippen molar-refractivity contribution in [1.29, 1.82) is 0 Å². The quantitative estimate of drug-likeness (QED) is 0.678. The number of aliphatic hydroxyl groups excluding tert-OH is 1. The summed E-state index contributed by atoms with van der Waals surface area (Å²) in [5.41, 5.74) is 1.02. The predicted molar refractivity (Wildman–Crippen MR) is 78.7 cm³/mol. The van der Waals surface area contributed by atoms with Crippen molar-refractivity contribution >= 4 is 0 Å². The van der Waals surface area contributed by atoms with Crippen LogP contribution in [0.2, 0.25) is 0 Å². The van der Waals surface area contributed by atoms with E-state index in [0.717, 1.165) is 24.9 Å². The molecular weight excluding hydrogens is 258 g/mol. The molecular formula is C15H25NO4. The lowest BCUT2D eigenvalue weighted by atomic mass is 10.1. The van der Waals surface area contributed by atoms with Gasteiger partial charge < -0.3 is 24.6 Å². The standard InChI is InChI=1S/C15H25NO4/c1-11(17)6-5-9-16-10-12-7-8-13(18-2)15(20-4)14(12)19-3/h7-8,11,16-17H,5-6,9-10H2,1-4H3. The lowest BCUT2D eigenvalue weighted by Crippen LogP contribution is -2.17. The Kier molecular flexibility index (Phi) is 7.18. The third kappa shape index (κ3) is 4.58. The van der Waals surface area contributed by atoms with Gasteiger partial charge in [-0.25, -0.2) is 0 Å². The van der Waals surface area contributed by atoms with Crippen LogP contribution in [0.5, 0.6) is 17.2 Å². The van der Waals surface area contributed by atoms with Crippen molar-refractivity contribution in [2.75, 3.05) is 27.9 Å². The molecule has 114 valence electrons. The zero-order valence-electron chi connectivity index (χ0n) is 12.7. The van der Waals surface area contributed by atoms with Gasteiger partial charge in [0.15, 0.2) is 11.5 Å². The van der Waals surface area contributed by atoms with Gasteiger partial charge >= 0.3 is 0 Å². The molecule has 0 heterocycles. The van der Waals surface area contributed by atoms with E-state index in [4.69, 9.17) is 14.2 Å². The molecule has 0 spiro atoms. The normalized spacial score (nSPS) is 12.1. The number of aliphatic hydroxyl groups is 1.